The molecule has 1 unspecified atom stereocenters. The molecule has 4 saturated carbocycles. The van der Waals surface area contributed by atoms with Gasteiger partial charge in [-0.1, -0.05) is 29.3 Å². The number of halogens is 2. The number of carbonyl (C=O) groups excluding carboxylic acids is 1. The van der Waals surface area contributed by atoms with Gasteiger partial charge in [0.05, 0.1) is 15.6 Å². The fraction of sp³-hybridized carbons (Fsp3) is 0.632. The Morgan fingerprint density at radius 2 is 1.70 bits per heavy atom. The second-order valence-electron chi connectivity index (χ2n) is 8.08. The number of amides is 1. The first kappa shape index (κ1) is 15.8. The predicted molar refractivity (Wildman–Crippen MR) is 94.0 cm³/mol. The lowest BCUT2D eigenvalue weighted by molar-refractivity contribution is -0.0688. The summed E-state index contributed by atoms with van der Waals surface area (Å²) in [6, 6.07) is 5.43. The number of carbonyl (C=O) groups is 1. The third-order valence-electron chi connectivity index (χ3n) is 6.55. The first-order valence-electron chi connectivity index (χ1n) is 8.72. The van der Waals surface area contributed by atoms with Gasteiger partial charge < -0.3 is 5.32 Å². The Hall–Kier alpha value is -0.730. The van der Waals surface area contributed by atoms with Crippen LogP contribution >= 0.6 is 23.2 Å². The Kier molecular flexibility index (Phi) is 3.89. The van der Waals surface area contributed by atoms with E-state index in [1.807, 2.05) is 0 Å². The van der Waals surface area contributed by atoms with Gasteiger partial charge >= 0.3 is 0 Å². The molecule has 4 heteroatoms. The monoisotopic (exact) mass is 351 g/mol. The van der Waals surface area contributed by atoms with Crippen LogP contribution in [0.4, 0.5) is 0 Å². The van der Waals surface area contributed by atoms with Gasteiger partial charge in [0, 0.05) is 6.04 Å². The third-order valence-corrected chi connectivity index (χ3v) is 7.37. The lowest BCUT2D eigenvalue weighted by atomic mass is 9.48. The molecule has 4 aliphatic rings. The van der Waals surface area contributed by atoms with Crippen LogP contribution in [0.1, 0.15) is 55.8 Å². The number of benzene rings is 1. The second kappa shape index (κ2) is 5.67. The molecule has 0 aliphatic heterocycles. The van der Waals surface area contributed by atoms with Gasteiger partial charge in [-0.2, -0.15) is 0 Å². The molecule has 4 aliphatic carbocycles. The highest BCUT2D eigenvalue weighted by atomic mass is 35.5. The standard InChI is InChI=1S/C19H23Cl2NO/c1-11(22-18(23)15-3-2-4-16(20)17(15)21)19-8-12-5-13(9-19)7-14(6-12)10-19/h2-4,11-14H,5-10H2,1H3,(H,22,23). The molecule has 0 radical (unpaired) electrons. The number of rotatable bonds is 3. The molecular weight excluding hydrogens is 329 g/mol. The summed E-state index contributed by atoms with van der Waals surface area (Å²) in [5, 5.41) is 4.02. The first-order chi connectivity index (χ1) is 11.0. The van der Waals surface area contributed by atoms with Crippen molar-refractivity contribution in [2.45, 2.75) is 51.5 Å². The van der Waals surface area contributed by atoms with Crippen molar-refractivity contribution in [3.63, 3.8) is 0 Å². The molecule has 0 spiro atoms. The van der Waals surface area contributed by atoms with E-state index in [4.69, 9.17) is 23.2 Å². The van der Waals surface area contributed by atoms with Crippen molar-refractivity contribution in [1.29, 1.82) is 0 Å². The van der Waals surface area contributed by atoms with Crippen molar-refractivity contribution < 1.29 is 4.79 Å². The minimum absolute atomic E-state index is 0.0965. The molecule has 124 valence electrons. The molecule has 1 aromatic rings. The summed E-state index contributed by atoms with van der Waals surface area (Å²) in [4.78, 5) is 12.7. The van der Waals surface area contributed by atoms with Crippen LogP contribution in [0.25, 0.3) is 0 Å². The van der Waals surface area contributed by atoms with Crippen LogP contribution in [0.5, 0.6) is 0 Å². The van der Waals surface area contributed by atoms with Crippen molar-refractivity contribution in [2.75, 3.05) is 0 Å². The van der Waals surface area contributed by atoms with Gasteiger partial charge in [0.2, 0.25) is 0 Å². The van der Waals surface area contributed by atoms with Crippen molar-refractivity contribution in [2.24, 2.45) is 23.2 Å². The van der Waals surface area contributed by atoms with Gasteiger partial charge in [0.25, 0.3) is 5.91 Å². The lowest BCUT2D eigenvalue weighted by Crippen LogP contribution is -2.55. The quantitative estimate of drug-likeness (QED) is 0.783. The fourth-order valence-corrected chi connectivity index (χ4v) is 6.20. The number of nitrogens with one attached hydrogen (secondary N) is 1. The maximum Gasteiger partial charge on any atom is 0.253 e. The average molecular weight is 352 g/mol. The van der Waals surface area contributed by atoms with Crippen LogP contribution < -0.4 is 5.32 Å². The van der Waals surface area contributed by atoms with Gasteiger partial charge in [-0.3, -0.25) is 4.79 Å². The molecule has 4 fully saturated rings. The van der Waals surface area contributed by atoms with Crippen LogP contribution in [0.2, 0.25) is 10.0 Å². The minimum Gasteiger partial charge on any atom is -0.349 e. The highest BCUT2D eigenvalue weighted by Crippen LogP contribution is 2.61. The third kappa shape index (κ3) is 2.68. The van der Waals surface area contributed by atoms with E-state index in [0.29, 0.717) is 21.0 Å². The van der Waals surface area contributed by atoms with E-state index in [2.05, 4.69) is 12.2 Å². The Labute approximate surface area is 147 Å². The maximum atomic E-state index is 12.7. The van der Waals surface area contributed by atoms with Gasteiger partial charge in [-0.15, -0.1) is 0 Å². The molecule has 0 aromatic heterocycles. The van der Waals surface area contributed by atoms with Gasteiger partial charge in [-0.25, -0.2) is 0 Å². The lowest BCUT2D eigenvalue weighted by Gasteiger charge is -2.59. The van der Waals surface area contributed by atoms with Gasteiger partial charge in [0.15, 0.2) is 0 Å². The molecule has 0 heterocycles. The normalized spacial score (nSPS) is 36.0. The molecule has 5 rings (SSSR count). The van der Waals surface area contributed by atoms with Crippen LogP contribution in [-0.2, 0) is 0 Å². The molecular formula is C19H23Cl2NO. The Bertz CT molecular complexity index is 607. The first-order valence-corrected chi connectivity index (χ1v) is 9.47. The maximum absolute atomic E-state index is 12.7. The highest BCUT2D eigenvalue weighted by molar-refractivity contribution is 6.43. The molecule has 1 atom stereocenters. The van der Waals surface area contributed by atoms with Crippen LogP contribution in [0.3, 0.4) is 0 Å². The number of hydrogen-bond donors (Lipinski definition) is 1. The van der Waals surface area contributed by atoms with E-state index in [-0.39, 0.29) is 11.9 Å². The van der Waals surface area contributed by atoms with Crippen molar-refractivity contribution >= 4 is 29.1 Å². The smallest absolute Gasteiger partial charge is 0.253 e. The van der Waals surface area contributed by atoms with E-state index >= 15 is 0 Å². The SMILES string of the molecule is CC(NC(=O)c1cccc(Cl)c1Cl)C12CC3CC(CC(C3)C1)C2. The summed E-state index contributed by atoms with van der Waals surface area (Å²) >= 11 is 12.2. The fourth-order valence-electron chi connectivity index (χ4n) is 5.81. The Balaban J connectivity index is 1.53. The van der Waals surface area contributed by atoms with E-state index in [1.165, 1.54) is 38.5 Å². The van der Waals surface area contributed by atoms with Gasteiger partial charge in [-0.05, 0) is 80.8 Å². The highest BCUT2D eigenvalue weighted by Gasteiger charge is 2.53. The van der Waals surface area contributed by atoms with Crippen LogP contribution in [-0.4, -0.2) is 11.9 Å². The summed E-state index contributed by atoms with van der Waals surface area (Å²) < 4.78 is 0. The second-order valence-corrected chi connectivity index (χ2v) is 8.86. The van der Waals surface area contributed by atoms with Crippen molar-refractivity contribution in [1.82, 2.24) is 5.32 Å². The zero-order valence-electron chi connectivity index (χ0n) is 13.4. The van der Waals surface area contributed by atoms with E-state index in [9.17, 15) is 4.79 Å². The van der Waals surface area contributed by atoms with Crippen molar-refractivity contribution in [3.8, 4) is 0 Å². The molecule has 2 nitrogen and oxygen atoms in total. The van der Waals surface area contributed by atoms with E-state index in [1.54, 1.807) is 18.2 Å². The zero-order valence-corrected chi connectivity index (χ0v) is 15.0. The summed E-state index contributed by atoms with van der Waals surface area (Å²) in [6.45, 7) is 2.18. The van der Waals surface area contributed by atoms with E-state index in [0.717, 1.165) is 17.8 Å². The Morgan fingerprint density at radius 1 is 1.13 bits per heavy atom. The summed E-state index contributed by atoms with van der Waals surface area (Å²) in [7, 11) is 0. The zero-order chi connectivity index (χ0) is 16.2. The number of hydrogen-bond acceptors (Lipinski definition) is 1. The summed E-state index contributed by atoms with van der Waals surface area (Å²) in [5.74, 6) is 2.56. The summed E-state index contributed by atoms with van der Waals surface area (Å²) in [6.07, 6.45) is 8.09. The molecule has 1 aromatic carbocycles. The molecule has 4 bridgehead atoms. The predicted octanol–water partition coefficient (Wildman–Crippen LogP) is 5.33. The molecule has 1 amide bonds. The largest absolute Gasteiger partial charge is 0.349 e. The van der Waals surface area contributed by atoms with E-state index < -0.39 is 0 Å². The molecule has 1 N–H and O–H groups in total. The van der Waals surface area contributed by atoms with Crippen molar-refractivity contribution in [3.05, 3.63) is 33.8 Å². The molecule has 23 heavy (non-hydrogen) atoms. The topological polar surface area (TPSA) is 29.1 Å². The summed E-state index contributed by atoms with van der Waals surface area (Å²) in [5.41, 5.74) is 0.783. The molecule has 0 saturated heterocycles. The Morgan fingerprint density at radius 3 is 2.26 bits per heavy atom. The minimum atomic E-state index is -0.0965. The average Bonchev–Trinajstić information content (AvgIpc) is 2.48. The van der Waals surface area contributed by atoms with Crippen LogP contribution in [0, 0.1) is 23.2 Å². The van der Waals surface area contributed by atoms with Crippen LogP contribution in [0.15, 0.2) is 18.2 Å². The van der Waals surface area contributed by atoms with Gasteiger partial charge in [0.1, 0.15) is 0 Å².